The van der Waals surface area contributed by atoms with Crippen LogP contribution >= 0.6 is 15.9 Å². The second-order valence-corrected chi connectivity index (χ2v) is 5.99. The molecule has 1 aromatic heterocycles. The third kappa shape index (κ3) is 3.34. The number of nitrogens with zero attached hydrogens (tertiary/aromatic N) is 1. The van der Waals surface area contributed by atoms with E-state index in [9.17, 15) is 0 Å². The number of para-hydroxylation sites is 1. The van der Waals surface area contributed by atoms with Gasteiger partial charge in [0.15, 0.2) is 0 Å². The van der Waals surface area contributed by atoms with Gasteiger partial charge in [-0.05, 0) is 47.4 Å². The molecule has 0 bridgehead atoms. The smallest absolute Gasteiger partial charge is 0.0722 e. The van der Waals surface area contributed by atoms with Crippen LogP contribution in [0.3, 0.4) is 0 Å². The summed E-state index contributed by atoms with van der Waals surface area (Å²) < 4.78 is 1.09. The van der Waals surface area contributed by atoms with Crippen molar-refractivity contribution in [1.82, 2.24) is 10.3 Å². The van der Waals surface area contributed by atoms with E-state index in [1.807, 2.05) is 19.2 Å². The summed E-state index contributed by atoms with van der Waals surface area (Å²) in [5.74, 6) is 0.692. The van der Waals surface area contributed by atoms with Crippen LogP contribution in [0, 0.1) is 5.92 Å². The fourth-order valence-electron chi connectivity index (χ4n) is 2.28. The van der Waals surface area contributed by atoms with Gasteiger partial charge in [0.2, 0.25) is 0 Å². The van der Waals surface area contributed by atoms with Gasteiger partial charge >= 0.3 is 0 Å². The molecule has 1 N–H and O–H groups in total. The number of aromatic nitrogens is 1. The predicted molar refractivity (Wildman–Crippen MR) is 85.3 cm³/mol. The van der Waals surface area contributed by atoms with Crippen molar-refractivity contribution in [1.29, 1.82) is 0 Å². The van der Waals surface area contributed by atoms with E-state index in [-0.39, 0.29) is 0 Å². The van der Waals surface area contributed by atoms with Crippen LogP contribution in [-0.2, 0) is 0 Å². The van der Waals surface area contributed by atoms with Crippen molar-refractivity contribution in [3.05, 3.63) is 40.5 Å². The third-order valence-corrected chi connectivity index (χ3v) is 4.35. The van der Waals surface area contributed by atoms with E-state index in [2.05, 4.69) is 53.3 Å². The molecule has 1 heterocycles. The molecule has 0 aliphatic carbocycles. The average molecular weight is 321 g/mol. The molecule has 2 rings (SSSR count). The first-order chi connectivity index (χ1) is 9.15. The molecule has 2 nitrogen and oxygen atoms in total. The van der Waals surface area contributed by atoms with Crippen LogP contribution in [0.5, 0.6) is 0 Å². The Hall–Kier alpha value is -0.930. The monoisotopic (exact) mass is 320 g/mol. The fourth-order valence-corrected chi connectivity index (χ4v) is 2.90. The SMILES string of the molecule is CCC(C)CC(NC)c1nc2ccccc2cc1Br. The standard InChI is InChI=1S/C16H21BrN2/c1-4-11(2)9-15(18-3)16-13(17)10-12-7-5-6-8-14(12)19-16/h5-8,10-11,15,18H,4,9H2,1-3H3. The molecule has 0 amide bonds. The van der Waals surface area contributed by atoms with Gasteiger partial charge in [-0.2, -0.15) is 0 Å². The number of halogens is 1. The topological polar surface area (TPSA) is 24.9 Å². The number of fused-ring (bicyclic) bond motifs is 1. The van der Waals surface area contributed by atoms with Crippen molar-refractivity contribution in [2.45, 2.75) is 32.7 Å². The van der Waals surface area contributed by atoms with Crippen molar-refractivity contribution in [3.8, 4) is 0 Å². The molecule has 0 radical (unpaired) electrons. The summed E-state index contributed by atoms with van der Waals surface area (Å²) in [5.41, 5.74) is 2.17. The number of hydrogen-bond acceptors (Lipinski definition) is 2. The summed E-state index contributed by atoms with van der Waals surface area (Å²) in [5, 5.41) is 4.57. The number of pyridine rings is 1. The summed E-state index contributed by atoms with van der Waals surface area (Å²) in [7, 11) is 2.01. The Morgan fingerprint density at radius 1 is 1.32 bits per heavy atom. The van der Waals surface area contributed by atoms with E-state index in [1.54, 1.807) is 0 Å². The Kier molecular flexibility index (Phi) is 4.94. The van der Waals surface area contributed by atoms with E-state index in [4.69, 9.17) is 4.98 Å². The van der Waals surface area contributed by atoms with Crippen LogP contribution in [0.25, 0.3) is 10.9 Å². The minimum Gasteiger partial charge on any atom is -0.312 e. The van der Waals surface area contributed by atoms with Crippen molar-refractivity contribution >= 4 is 26.8 Å². The summed E-state index contributed by atoms with van der Waals surface area (Å²) in [6.45, 7) is 4.53. The minimum absolute atomic E-state index is 0.300. The van der Waals surface area contributed by atoms with Gasteiger partial charge in [-0.15, -0.1) is 0 Å². The lowest BCUT2D eigenvalue weighted by Crippen LogP contribution is -2.20. The van der Waals surface area contributed by atoms with Crippen molar-refractivity contribution < 1.29 is 0 Å². The molecule has 2 aromatic rings. The molecule has 1 aromatic carbocycles. The highest BCUT2D eigenvalue weighted by molar-refractivity contribution is 9.10. The highest BCUT2D eigenvalue weighted by Gasteiger charge is 2.17. The number of rotatable bonds is 5. The Balaban J connectivity index is 2.39. The second-order valence-electron chi connectivity index (χ2n) is 5.14. The zero-order valence-corrected chi connectivity index (χ0v) is 13.4. The highest BCUT2D eigenvalue weighted by atomic mass is 79.9. The van der Waals surface area contributed by atoms with E-state index < -0.39 is 0 Å². The van der Waals surface area contributed by atoms with Crippen molar-refractivity contribution in [2.24, 2.45) is 5.92 Å². The summed E-state index contributed by atoms with van der Waals surface area (Å²) >= 11 is 3.67. The zero-order valence-electron chi connectivity index (χ0n) is 11.8. The maximum atomic E-state index is 4.82. The molecular weight excluding hydrogens is 300 g/mol. The normalized spacial score (nSPS) is 14.5. The first-order valence-electron chi connectivity index (χ1n) is 6.88. The minimum atomic E-state index is 0.300. The van der Waals surface area contributed by atoms with Crippen molar-refractivity contribution in [3.63, 3.8) is 0 Å². The summed E-state index contributed by atoms with van der Waals surface area (Å²) in [6.07, 6.45) is 2.31. The Morgan fingerprint density at radius 2 is 2.05 bits per heavy atom. The van der Waals surface area contributed by atoms with Crippen LogP contribution in [0.1, 0.15) is 38.4 Å². The Morgan fingerprint density at radius 3 is 2.74 bits per heavy atom. The Bertz CT molecular complexity index is 553. The largest absolute Gasteiger partial charge is 0.312 e. The van der Waals surface area contributed by atoms with Crippen molar-refractivity contribution in [2.75, 3.05) is 7.05 Å². The number of hydrogen-bond donors (Lipinski definition) is 1. The lowest BCUT2D eigenvalue weighted by atomic mass is 9.97. The molecule has 2 atom stereocenters. The lowest BCUT2D eigenvalue weighted by Gasteiger charge is -2.21. The van der Waals surface area contributed by atoms with Gasteiger partial charge in [0.05, 0.1) is 17.3 Å². The van der Waals surface area contributed by atoms with Crippen LogP contribution < -0.4 is 5.32 Å². The molecule has 0 saturated carbocycles. The van der Waals surface area contributed by atoms with Gasteiger partial charge in [0.25, 0.3) is 0 Å². The van der Waals surface area contributed by atoms with Gasteiger partial charge < -0.3 is 5.32 Å². The molecular formula is C16H21BrN2. The Labute approximate surface area is 123 Å². The molecule has 0 aliphatic heterocycles. The van der Waals surface area contributed by atoms with E-state index in [0.717, 1.165) is 22.1 Å². The molecule has 0 fully saturated rings. The first kappa shape index (κ1) is 14.5. The highest BCUT2D eigenvalue weighted by Crippen LogP contribution is 2.29. The van der Waals surface area contributed by atoms with Crippen LogP contribution in [-0.4, -0.2) is 12.0 Å². The van der Waals surface area contributed by atoms with Gasteiger partial charge in [-0.25, -0.2) is 4.98 Å². The molecule has 2 unspecified atom stereocenters. The molecule has 0 aliphatic rings. The fraction of sp³-hybridized carbons (Fsp3) is 0.438. The second kappa shape index (κ2) is 6.49. The molecule has 19 heavy (non-hydrogen) atoms. The molecule has 102 valence electrons. The van der Waals surface area contributed by atoms with Crippen LogP contribution in [0.2, 0.25) is 0 Å². The molecule has 3 heteroatoms. The predicted octanol–water partition coefficient (Wildman–Crippen LogP) is 4.69. The van der Waals surface area contributed by atoms with Crippen LogP contribution in [0.15, 0.2) is 34.8 Å². The van der Waals surface area contributed by atoms with Crippen LogP contribution in [0.4, 0.5) is 0 Å². The first-order valence-corrected chi connectivity index (χ1v) is 7.67. The van der Waals surface area contributed by atoms with Gasteiger partial charge in [0.1, 0.15) is 0 Å². The summed E-state index contributed by atoms with van der Waals surface area (Å²) in [6, 6.07) is 10.7. The van der Waals surface area contributed by atoms with E-state index in [0.29, 0.717) is 12.0 Å². The van der Waals surface area contributed by atoms with E-state index in [1.165, 1.54) is 11.8 Å². The summed E-state index contributed by atoms with van der Waals surface area (Å²) in [4.78, 5) is 4.82. The van der Waals surface area contributed by atoms with E-state index >= 15 is 0 Å². The third-order valence-electron chi connectivity index (χ3n) is 3.72. The number of nitrogens with one attached hydrogen (secondary N) is 1. The maximum absolute atomic E-state index is 4.82. The zero-order chi connectivity index (χ0) is 13.8. The maximum Gasteiger partial charge on any atom is 0.0722 e. The average Bonchev–Trinajstić information content (AvgIpc) is 2.44. The van der Waals surface area contributed by atoms with Gasteiger partial charge in [0, 0.05) is 9.86 Å². The molecule has 0 spiro atoms. The molecule has 0 saturated heterocycles. The van der Waals surface area contributed by atoms with Gasteiger partial charge in [-0.3, -0.25) is 0 Å². The quantitative estimate of drug-likeness (QED) is 0.864. The van der Waals surface area contributed by atoms with Gasteiger partial charge in [-0.1, -0.05) is 38.5 Å². The number of benzene rings is 1. The lowest BCUT2D eigenvalue weighted by molar-refractivity contribution is 0.415.